The van der Waals surface area contributed by atoms with Crippen LogP contribution in [0, 0.1) is 0 Å². The van der Waals surface area contributed by atoms with Gasteiger partial charge in [0.05, 0.1) is 0 Å². The number of piperazine rings is 1. The Hall–Kier alpha value is -2.12. The van der Waals surface area contributed by atoms with Crippen LogP contribution in [0.25, 0.3) is 0 Å². The van der Waals surface area contributed by atoms with Gasteiger partial charge in [0.15, 0.2) is 0 Å². The monoisotopic (exact) mass is 475 g/mol. The molecule has 1 aliphatic heterocycles. The molecule has 2 aromatic carbocycles. The predicted molar refractivity (Wildman–Crippen MR) is 136 cm³/mol. The Bertz CT molecular complexity index is 768. The number of aliphatic hydroxyl groups is 1. The molecule has 6 nitrogen and oxygen atoms in total. The zero-order chi connectivity index (χ0) is 23.9. The molecule has 7 heteroatoms. The number of nitrogens with zero attached hydrogens (tertiary/aromatic N) is 3. The van der Waals surface area contributed by atoms with Crippen LogP contribution in [0.2, 0.25) is 5.02 Å². The first kappa shape index (κ1) is 27.1. The Morgan fingerprint density at radius 2 is 1.67 bits per heavy atom. The maximum Gasteiger partial charge on any atom is 0.213 e. The van der Waals surface area contributed by atoms with Crippen molar-refractivity contribution in [3.63, 3.8) is 0 Å². The molecule has 33 heavy (non-hydrogen) atoms. The number of aliphatic hydroxyl groups excluding tert-OH is 1. The molecule has 1 saturated heterocycles. The number of amides is 1. The average Bonchev–Trinajstić information content (AvgIpc) is 2.85. The van der Waals surface area contributed by atoms with E-state index >= 15 is 0 Å². The zero-order valence-corrected chi connectivity index (χ0v) is 20.7. The molecule has 0 radical (unpaired) electrons. The Morgan fingerprint density at radius 3 is 2.27 bits per heavy atom. The molecule has 0 bridgehead atoms. The van der Waals surface area contributed by atoms with Crippen LogP contribution in [0.1, 0.15) is 26.2 Å². The van der Waals surface area contributed by atoms with Gasteiger partial charge in [-0.1, -0.05) is 49.6 Å². The number of hydrogen-bond donors (Lipinski definition) is 1. The maximum atomic E-state index is 10.2. The van der Waals surface area contributed by atoms with E-state index in [4.69, 9.17) is 16.3 Å². The van der Waals surface area contributed by atoms with Gasteiger partial charge in [0.1, 0.15) is 18.5 Å². The fourth-order valence-corrected chi connectivity index (χ4v) is 3.70. The van der Waals surface area contributed by atoms with E-state index in [0.717, 1.165) is 44.0 Å². The summed E-state index contributed by atoms with van der Waals surface area (Å²) in [7, 11) is 1.72. The Labute approximate surface area is 203 Å². The Morgan fingerprint density at radius 1 is 1.03 bits per heavy atom. The van der Waals surface area contributed by atoms with Gasteiger partial charge in [-0.15, -0.1) is 0 Å². The lowest BCUT2D eigenvalue weighted by atomic mass is 10.2. The smallest absolute Gasteiger partial charge is 0.213 e. The standard InChI is InChI=1S/C18H29ClN2O2.C8H9NO/c1-2-3-4-9-20-10-12-21(13-11-20)14-17(22)15-23-18-7-5-16(19)6-8-18;1-9(7-10)8-5-3-2-4-6-8/h5-8,17,22H,2-4,9-15H2,1H3;2-7H,1H3. The molecule has 1 fully saturated rings. The van der Waals surface area contributed by atoms with Crippen molar-refractivity contribution < 1.29 is 14.6 Å². The summed E-state index contributed by atoms with van der Waals surface area (Å²) in [6.45, 7) is 8.72. The highest BCUT2D eigenvalue weighted by atomic mass is 35.5. The van der Waals surface area contributed by atoms with Crippen LogP contribution in [0.15, 0.2) is 54.6 Å². The van der Waals surface area contributed by atoms with Gasteiger partial charge in [-0.2, -0.15) is 0 Å². The molecule has 1 amide bonds. The van der Waals surface area contributed by atoms with Crippen molar-refractivity contribution in [2.75, 3.05) is 57.8 Å². The van der Waals surface area contributed by atoms with Gasteiger partial charge in [-0.3, -0.25) is 9.69 Å². The highest BCUT2D eigenvalue weighted by Crippen LogP contribution is 2.16. The third kappa shape index (κ3) is 11.0. The quantitative estimate of drug-likeness (QED) is 0.390. The van der Waals surface area contributed by atoms with E-state index in [9.17, 15) is 9.90 Å². The molecule has 1 heterocycles. The molecule has 0 spiro atoms. The second kappa shape index (κ2) is 15.7. The molecule has 0 aliphatic carbocycles. The number of unbranched alkanes of at least 4 members (excludes halogenated alkanes) is 2. The van der Waals surface area contributed by atoms with Gasteiger partial charge in [-0.25, -0.2) is 0 Å². The molecule has 1 unspecified atom stereocenters. The summed E-state index contributed by atoms with van der Waals surface area (Å²) in [5, 5.41) is 10.8. The summed E-state index contributed by atoms with van der Waals surface area (Å²) in [5.41, 5.74) is 0.914. The average molecular weight is 476 g/mol. The normalized spacial score (nSPS) is 15.3. The van der Waals surface area contributed by atoms with E-state index in [2.05, 4.69) is 16.7 Å². The minimum Gasteiger partial charge on any atom is -0.491 e. The third-order valence-electron chi connectivity index (χ3n) is 5.59. The first-order valence-corrected chi connectivity index (χ1v) is 12.1. The van der Waals surface area contributed by atoms with Crippen LogP contribution in [0.5, 0.6) is 5.75 Å². The number of para-hydroxylation sites is 1. The highest BCUT2D eigenvalue weighted by molar-refractivity contribution is 6.30. The van der Waals surface area contributed by atoms with Crippen molar-refractivity contribution in [2.24, 2.45) is 0 Å². The second-order valence-electron chi connectivity index (χ2n) is 8.32. The van der Waals surface area contributed by atoms with Crippen LogP contribution in [0.4, 0.5) is 5.69 Å². The number of hydrogen-bond acceptors (Lipinski definition) is 5. The van der Waals surface area contributed by atoms with Crippen molar-refractivity contribution in [2.45, 2.75) is 32.3 Å². The predicted octanol–water partition coefficient (Wildman–Crippen LogP) is 4.17. The van der Waals surface area contributed by atoms with Crippen LogP contribution in [-0.2, 0) is 4.79 Å². The van der Waals surface area contributed by atoms with Gasteiger partial charge in [-0.05, 0) is 49.4 Å². The Balaban J connectivity index is 0.000000321. The molecule has 1 N–H and O–H groups in total. The van der Waals surface area contributed by atoms with Gasteiger partial charge >= 0.3 is 0 Å². The number of rotatable bonds is 11. The molecule has 0 saturated carbocycles. The van der Waals surface area contributed by atoms with Crippen molar-refractivity contribution in [1.82, 2.24) is 9.80 Å². The maximum absolute atomic E-state index is 10.2. The van der Waals surface area contributed by atoms with Crippen LogP contribution in [0.3, 0.4) is 0 Å². The first-order chi connectivity index (χ1) is 16.0. The number of benzene rings is 2. The summed E-state index contributed by atoms with van der Waals surface area (Å²) >= 11 is 5.84. The van der Waals surface area contributed by atoms with Crippen LogP contribution in [-0.4, -0.2) is 80.3 Å². The van der Waals surface area contributed by atoms with E-state index in [1.807, 2.05) is 42.5 Å². The van der Waals surface area contributed by atoms with Gasteiger partial charge < -0.3 is 19.6 Å². The summed E-state index contributed by atoms with van der Waals surface area (Å²) in [4.78, 5) is 16.6. The number of β-amino-alcohol motifs (C(OH)–C–C–N with tert-alkyl or cyclic N) is 1. The van der Waals surface area contributed by atoms with Crippen LogP contribution >= 0.6 is 11.6 Å². The molecule has 2 aromatic rings. The lowest BCUT2D eigenvalue weighted by molar-refractivity contribution is -0.107. The molecular weight excluding hydrogens is 438 g/mol. The van der Waals surface area contributed by atoms with Gasteiger partial charge in [0.25, 0.3) is 0 Å². The third-order valence-corrected chi connectivity index (χ3v) is 5.84. The van der Waals surface area contributed by atoms with Crippen LogP contribution < -0.4 is 9.64 Å². The Kier molecular flexibility index (Phi) is 12.9. The zero-order valence-electron chi connectivity index (χ0n) is 19.9. The van der Waals surface area contributed by atoms with Crippen molar-refractivity contribution in [3.8, 4) is 5.75 Å². The molecule has 182 valence electrons. The second-order valence-corrected chi connectivity index (χ2v) is 8.76. The number of carbonyl (C=O) groups is 1. The minimum absolute atomic E-state index is 0.318. The lowest BCUT2D eigenvalue weighted by Gasteiger charge is -2.35. The molecule has 1 aliphatic rings. The first-order valence-electron chi connectivity index (χ1n) is 11.8. The summed E-state index contributed by atoms with van der Waals surface area (Å²) < 4.78 is 5.61. The van der Waals surface area contributed by atoms with Crippen molar-refractivity contribution in [3.05, 3.63) is 59.6 Å². The fraction of sp³-hybridized carbons (Fsp3) is 0.500. The number of carbonyl (C=O) groups excluding carboxylic acids is 1. The number of halogens is 1. The summed E-state index contributed by atoms with van der Waals surface area (Å²) in [6.07, 6.45) is 4.22. The van der Waals surface area contributed by atoms with Gasteiger partial charge in [0.2, 0.25) is 6.41 Å². The summed E-state index contributed by atoms with van der Waals surface area (Å²) in [5.74, 6) is 0.745. The number of anilines is 1. The van der Waals surface area contributed by atoms with E-state index < -0.39 is 6.10 Å². The number of ether oxygens (including phenoxy) is 1. The molecule has 1 atom stereocenters. The topological polar surface area (TPSA) is 56.2 Å². The minimum atomic E-state index is -0.461. The highest BCUT2D eigenvalue weighted by Gasteiger charge is 2.19. The lowest BCUT2D eigenvalue weighted by Crippen LogP contribution is -2.49. The van der Waals surface area contributed by atoms with E-state index in [1.54, 1.807) is 19.2 Å². The van der Waals surface area contributed by atoms with Crippen molar-refractivity contribution in [1.29, 1.82) is 0 Å². The van der Waals surface area contributed by atoms with E-state index in [1.165, 1.54) is 30.7 Å². The van der Waals surface area contributed by atoms with E-state index in [0.29, 0.717) is 18.2 Å². The van der Waals surface area contributed by atoms with Crippen molar-refractivity contribution >= 4 is 23.7 Å². The summed E-state index contributed by atoms with van der Waals surface area (Å²) in [6, 6.07) is 16.7. The van der Waals surface area contributed by atoms with E-state index in [-0.39, 0.29) is 0 Å². The largest absolute Gasteiger partial charge is 0.491 e. The SMILES string of the molecule is CCCCCN1CCN(CC(O)COc2ccc(Cl)cc2)CC1.CN(C=O)c1ccccc1. The molecule has 0 aromatic heterocycles. The fourth-order valence-electron chi connectivity index (χ4n) is 3.58. The molecule has 3 rings (SSSR count). The molecular formula is C26H38ClN3O3. The van der Waals surface area contributed by atoms with Gasteiger partial charge in [0, 0.05) is 50.5 Å².